The SMILES string of the molecule is CC(C)(C)C(=O)/C(=C/c1ccc([N+](=O)[O-])cc1)n1cncn1. The van der Waals surface area contributed by atoms with Crippen LogP contribution in [-0.4, -0.2) is 25.5 Å². The Morgan fingerprint density at radius 3 is 2.36 bits per heavy atom. The molecule has 0 aliphatic heterocycles. The Hall–Kier alpha value is -2.83. The van der Waals surface area contributed by atoms with Crippen molar-refractivity contribution in [2.75, 3.05) is 0 Å². The molecule has 0 radical (unpaired) electrons. The third-order valence-corrected chi connectivity index (χ3v) is 2.99. The van der Waals surface area contributed by atoms with E-state index in [0.29, 0.717) is 11.3 Å². The van der Waals surface area contributed by atoms with Gasteiger partial charge < -0.3 is 0 Å². The molecule has 7 heteroatoms. The number of hydrogen-bond acceptors (Lipinski definition) is 5. The highest BCUT2D eigenvalue weighted by molar-refractivity contribution is 6.21. The minimum Gasteiger partial charge on any atom is -0.292 e. The molecule has 0 N–H and O–H groups in total. The maximum absolute atomic E-state index is 12.6. The smallest absolute Gasteiger partial charge is 0.269 e. The molecule has 0 saturated heterocycles. The van der Waals surface area contributed by atoms with E-state index in [1.165, 1.54) is 29.5 Å². The second-order valence-corrected chi connectivity index (χ2v) is 5.80. The lowest BCUT2D eigenvalue weighted by atomic mass is 9.88. The van der Waals surface area contributed by atoms with Crippen LogP contribution in [-0.2, 0) is 4.79 Å². The topological polar surface area (TPSA) is 90.9 Å². The van der Waals surface area contributed by atoms with Crippen molar-refractivity contribution in [3.63, 3.8) is 0 Å². The fourth-order valence-electron chi connectivity index (χ4n) is 1.80. The number of carbonyl (C=O) groups excluding carboxylic acids is 1. The molecule has 114 valence electrons. The molecule has 7 nitrogen and oxygen atoms in total. The fourth-order valence-corrected chi connectivity index (χ4v) is 1.80. The average Bonchev–Trinajstić information content (AvgIpc) is 2.97. The number of nitro groups is 1. The predicted octanol–water partition coefficient (Wildman–Crippen LogP) is 2.80. The number of allylic oxidation sites excluding steroid dienone is 1. The quantitative estimate of drug-likeness (QED) is 0.492. The van der Waals surface area contributed by atoms with E-state index < -0.39 is 10.3 Å². The number of nitro benzene ring substituents is 1. The third-order valence-electron chi connectivity index (χ3n) is 2.99. The highest BCUT2D eigenvalue weighted by Crippen LogP contribution is 2.24. The monoisotopic (exact) mass is 300 g/mol. The summed E-state index contributed by atoms with van der Waals surface area (Å²) < 4.78 is 1.40. The molecule has 0 saturated carbocycles. The van der Waals surface area contributed by atoms with Crippen LogP contribution in [0.5, 0.6) is 0 Å². The largest absolute Gasteiger partial charge is 0.292 e. The number of rotatable bonds is 4. The van der Waals surface area contributed by atoms with Crippen molar-refractivity contribution in [2.45, 2.75) is 20.8 Å². The van der Waals surface area contributed by atoms with Gasteiger partial charge in [-0.25, -0.2) is 9.67 Å². The van der Waals surface area contributed by atoms with Gasteiger partial charge in [0.1, 0.15) is 18.4 Å². The molecule has 2 aromatic rings. The maximum Gasteiger partial charge on any atom is 0.269 e. The van der Waals surface area contributed by atoms with Gasteiger partial charge in [0, 0.05) is 17.5 Å². The first-order chi connectivity index (χ1) is 10.3. The molecule has 0 aliphatic rings. The van der Waals surface area contributed by atoms with Gasteiger partial charge in [0.25, 0.3) is 5.69 Å². The maximum atomic E-state index is 12.6. The predicted molar refractivity (Wildman–Crippen MR) is 81.7 cm³/mol. The Bertz CT molecular complexity index is 710. The Morgan fingerprint density at radius 2 is 1.91 bits per heavy atom. The fraction of sp³-hybridized carbons (Fsp3) is 0.267. The van der Waals surface area contributed by atoms with E-state index in [4.69, 9.17) is 0 Å². The number of hydrogen-bond donors (Lipinski definition) is 0. The first-order valence-electron chi connectivity index (χ1n) is 6.65. The Labute approximate surface area is 127 Å². The number of benzene rings is 1. The van der Waals surface area contributed by atoms with E-state index in [0.717, 1.165) is 0 Å². The Morgan fingerprint density at radius 1 is 1.27 bits per heavy atom. The molecule has 2 rings (SSSR count). The zero-order valence-electron chi connectivity index (χ0n) is 12.6. The molecule has 0 unspecified atom stereocenters. The lowest BCUT2D eigenvalue weighted by molar-refractivity contribution is -0.384. The van der Waals surface area contributed by atoms with Gasteiger partial charge >= 0.3 is 0 Å². The lowest BCUT2D eigenvalue weighted by Gasteiger charge is -2.18. The molecule has 1 aromatic heterocycles. The van der Waals surface area contributed by atoms with Crippen molar-refractivity contribution >= 4 is 23.2 Å². The van der Waals surface area contributed by atoms with E-state index >= 15 is 0 Å². The zero-order valence-corrected chi connectivity index (χ0v) is 12.6. The van der Waals surface area contributed by atoms with Crippen LogP contribution in [0.1, 0.15) is 26.3 Å². The molecule has 0 spiro atoms. The van der Waals surface area contributed by atoms with Crippen molar-refractivity contribution in [3.8, 4) is 0 Å². The zero-order chi connectivity index (χ0) is 16.3. The van der Waals surface area contributed by atoms with Gasteiger partial charge in [0.05, 0.1) is 4.92 Å². The number of carbonyl (C=O) groups is 1. The van der Waals surface area contributed by atoms with Gasteiger partial charge in [-0.05, 0) is 23.8 Å². The minimum absolute atomic E-state index is 0.00148. The summed E-state index contributed by atoms with van der Waals surface area (Å²) in [5.74, 6) is -0.101. The average molecular weight is 300 g/mol. The molecule has 0 atom stereocenters. The second-order valence-electron chi connectivity index (χ2n) is 5.80. The minimum atomic E-state index is -0.585. The number of Topliss-reactive ketones (excluding diaryl/α,β-unsaturated/α-hetero) is 1. The van der Waals surface area contributed by atoms with Gasteiger partial charge in [-0.3, -0.25) is 14.9 Å². The second kappa shape index (κ2) is 5.88. The number of ketones is 1. The number of non-ortho nitro benzene ring substituents is 1. The summed E-state index contributed by atoms with van der Waals surface area (Å²) >= 11 is 0. The van der Waals surface area contributed by atoms with Crippen LogP contribution in [0.25, 0.3) is 11.8 Å². The molecule has 0 aliphatic carbocycles. The van der Waals surface area contributed by atoms with E-state index in [1.54, 1.807) is 18.2 Å². The summed E-state index contributed by atoms with van der Waals surface area (Å²) in [6.07, 6.45) is 4.44. The van der Waals surface area contributed by atoms with Crippen LogP contribution in [0.2, 0.25) is 0 Å². The molecule has 0 amide bonds. The van der Waals surface area contributed by atoms with Crippen molar-refractivity contribution in [1.29, 1.82) is 0 Å². The van der Waals surface area contributed by atoms with Crippen LogP contribution in [0.4, 0.5) is 5.69 Å². The van der Waals surface area contributed by atoms with Crippen LogP contribution in [0, 0.1) is 15.5 Å². The molecule has 1 heterocycles. The lowest BCUT2D eigenvalue weighted by Crippen LogP contribution is -2.24. The Balaban J connectivity index is 2.45. The van der Waals surface area contributed by atoms with Crippen LogP contribution >= 0.6 is 0 Å². The highest BCUT2D eigenvalue weighted by Gasteiger charge is 2.26. The Kier molecular flexibility index (Phi) is 4.16. The van der Waals surface area contributed by atoms with Crippen LogP contribution in [0.15, 0.2) is 36.9 Å². The van der Waals surface area contributed by atoms with Crippen molar-refractivity contribution in [1.82, 2.24) is 14.8 Å². The molecular formula is C15H16N4O3. The first kappa shape index (κ1) is 15.6. The molecule has 22 heavy (non-hydrogen) atoms. The van der Waals surface area contributed by atoms with Gasteiger partial charge in [-0.2, -0.15) is 5.10 Å². The molecular weight excluding hydrogens is 284 g/mol. The van der Waals surface area contributed by atoms with Crippen molar-refractivity contribution < 1.29 is 9.72 Å². The molecule has 1 aromatic carbocycles. The third kappa shape index (κ3) is 3.43. The highest BCUT2D eigenvalue weighted by atomic mass is 16.6. The van der Waals surface area contributed by atoms with E-state index in [9.17, 15) is 14.9 Å². The van der Waals surface area contributed by atoms with Gasteiger partial charge in [0.15, 0.2) is 5.78 Å². The summed E-state index contributed by atoms with van der Waals surface area (Å²) in [4.78, 5) is 26.6. The van der Waals surface area contributed by atoms with Crippen molar-refractivity contribution in [2.24, 2.45) is 5.41 Å². The van der Waals surface area contributed by atoms with E-state index in [2.05, 4.69) is 10.1 Å². The first-order valence-corrected chi connectivity index (χ1v) is 6.65. The van der Waals surface area contributed by atoms with E-state index in [-0.39, 0.29) is 11.5 Å². The molecule has 0 fully saturated rings. The standard InChI is InChI=1S/C15H16N4O3/c1-15(2,3)14(20)13(18-10-16-9-17-18)8-11-4-6-12(7-5-11)19(21)22/h4-10H,1-3H3/b13-8-. The van der Waals surface area contributed by atoms with Gasteiger partial charge in [-0.15, -0.1) is 0 Å². The normalized spacial score (nSPS) is 12.2. The van der Waals surface area contributed by atoms with Crippen LogP contribution in [0.3, 0.4) is 0 Å². The summed E-state index contributed by atoms with van der Waals surface area (Å²) in [5.41, 5.74) is 0.451. The molecule has 0 bridgehead atoms. The van der Waals surface area contributed by atoms with Crippen LogP contribution < -0.4 is 0 Å². The van der Waals surface area contributed by atoms with Gasteiger partial charge in [0.2, 0.25) is 0 Å². The summed E-state index contributed by atoms with van der Waals surface area (Å²) in [6, 6.07) is 5.97. The van der Waals surface area contributed by atoms with E-state index in [1.807, 2.05) is 20.8 Å². The number of nitrogens with zero attached hydrogens (tertiary/aromatic N) is 4. The summed E-state index contributed by atoms with van der Waals surface area (Å²) in [5, 5.41) is 14.7. The number of aromatic nitrogens is 3. The summed E-state index contributed by atoms with van der Waals surface area (Å²) in [7, 11) is 0. The van der Waals surface area contributed by atoms with Crippen molar-refractivity contribution in [3.05, 3.63) is 52.6 Å². The van der Waals surface area contributed by atoms with Gasteiger partial charge in [-0.1, -0.05) is 20.8 Å². The summed E-state index contributed by atoms with van der Waals surface area (Å²) in [6.45, 7) is 5.45.